The number of nitrogens with zero attached hydrogens (tertiary/aromatic N) is 2. The van der Waals surface area contributed by atoms with E-state index < -0.39 is 0 Å². The molecule has 1 aromatic heterocycles. The van der Waals surface area contributed by atoms with Gasteiger partial charge < -0.3 is 10.4 Å². The van der Waals surface area contributed by atoms with Gasteiger partial charge in [-0.2, -0.15) is 0 Å². The number of carbonyl (C=O) groups is 1. The maximum absolute atomic E-state index is 11.8. The fraction of sp³-hybridized carbons (Fsp3) is 0.538. The van der Waals surface area contributed by atoms with Gasteiger partial charge in [0.05, 0.1) is 11.8 Å². The summed E-state index contributed by atoms with van der Waals surface area (Å²) < 4.78 is 0. The Balaban J connectivity index is 1.77. The summed E-state index contributed by atoms with van der Waals surface area (Å²) in [6.45, 7) is 4.66. The first-order valence-corrected chi connectivity index (χ1v) is 6.37. The highest BCUT2D eigenvalue weighted by Crippen LogP contribution is 2.25. The van der Waals surface area contributed by atoms with Gasteiger partial charge in [0.25, 0.3) is 5.91 Å². The second kappa shape index (κ2) is 5.82. The lowest BCUT2D eigenvalue weighted by molar-refractivity contribution is 0.0947. The second-order valence-electron chi connectivity index (χ2n) is 4.55. The van der Waals surface area contributed by atoms with Gasteiger partial charge in [0.1, 0.15) is 5.75 Å². The monoisotopic (exact) mass is 249 g/mol. The van der Waals surface area contributed by atoms with E-state index in [4.69, 9.17) is 0 Å². The number of likely N-dealkylation sites (N-methyl/N-ethyl adjacent to an activating group) is 1. The van der Waals surface area contributed by atoms with Crippen molar-refractivity contribution in [3.05, 3.63) is 24.0 Å². The van der Waals surface area contributed by atoms with Gasteiger partial charge in [0, 0.05) is 25.3 Å². The molecule has 1 saturated carbocycles. The molecule has 98 valence electrons. The molecule has 0 radical (unpaired) electrons. The van der Waals surface area contributed by atoms with Crippen LogP contribution in [0.5, 0.6) is 5.75 Å². The molecule has 0 aromatic carbocycles. The molecule has 2 rings (SSSR count). The van der Waals surface area contributed by atoms with Crippen LogP contribution in [0.1, 0.15) is 30.1 Å². The minimum Gasteiger partial charge on any atom is -0.506 e. The molecular formula is C13H19N3O2. The minimum atomic E-state index is -0.190. The van der Waals surface area contributed by atoms with E-state index >= 15 is 0 Å². The van der Waals surface area contributed by atoms with Gasteiger partial charge in [-0.25, -0.2) is 0 Å². The van der Waals surface area contributed by atoms with Gasteiger partial charge in [0.15, 0.2) is 0 Å². The molecule has 1 aliphatic rings. The average molecular weight is 249 g/mol. The number of amides is 1. The van der Waals surface area contributed by atoms with Gasteiger partial charge in [-0.15, -0.1) is 0 Å². The van der Waals surface area contributed by atoms with E-state index in [0.717, 1.165) is 13.1 Å². The minimum absolute atomic E-state index is 0.0100. The number of hydrogen-bond acceptors (Lipinski definition) is 4. The van der Waals surface area contributed by atoms with E-state index in [2.05, 4.69) is 22.1 Å². The standard InChI is InChI=1S/C13H19N3O2/c1-2-16(11-3-4-11)6-5-15-13(18)10-7-12(17)9-14-8-10/h7-9,11,17H,2-6H2,1H3,(H,15,18). The van der Waals surface area contributed by atoms with E-state index in [1.807, 2.05) is 0 Å². The Hall–Kier alpha value is -1.62. The summed E-state index contributed by atoms with van der Waals surface area (Å²) in [6.07, 6.45) is 5.31. The molecule has 0 unspecified atom stereocenters. The third kappa shape index (κ3) is 3.43. The number of aromatic hydroxyl groups is 1. The first kappa shape index (κ1) is 12.8. The van der Waals surface area contributed by atoms with Gasteiger partial charge in [0.2, 0.25) is 0 Å². The summed E-state index contributed by atoms with van der Waals surface area (Å²) in [7, 11) is 0. The van der Waals surface area contributed by atoms with Crippen molar-refractivity contribution in [2.24, 2.45) is 0 Å². The van der Waals surface area contributed by atoms with Crippen LogP contribution in [0, 0.1) is 0 Å². The average Bonchev–Trinajstić information content (AvgIpc) is 3.18. The van der Waals surface area contributed by atoms with Crippen LogP contribution in [0.15, 0.2) is 18.5 Å². The molecule has 0 bridgehead atoms. The SMILES string of the molecule is CCN(CCNC(=O)c1cncc(O)c1)C1CC1. The third-order valence-corrected chi connectivity index (χ3v) is 3.14. The number of nitrogens with one attached hydrogen (secondary N) is 1. The van der Waals surface area contributed by atoms with E-state index in [9.17, 15) is 9.90 Å². The number of aromatic nitrogens is 1. The summed E-state index contributed by atoms with van der Waals surface area (Å²) in [5.41, 5.74) is 0.393. The molecule has 1 heterocycles. The Labute approximate surface area is 107 Å². The van der Waals surface area contributed by atoms with E-state index in [1.165, 1.54) is 31.3 Å². The van der Waals surface area contributed by atoms with Crippen molar-refractivity contribution in [3.63, 3.8) is 0 Å². The van der Waals surface area contributed by atoms with Crippen molar-refractivity contribution in [2.75, 3.05) is 19.6 Å². The first-order valence-electron chi connectivity index (χ1n) is 6.37. The summed E-state index contributed by atoms with van der Waals surface area (Å²) in [5, 5.41) is 12.1. The Kier molecular flexibility index (Phi) is 4.15. The van der Waals surface area contributed by atoms with Crippen molar-refractivity contribution < 1.29 is 9.90 Å². The van der Waals surface area contributed by atoms with Crippen molar-refractivity contribution in [3.8, 4) is 5.75 Å². The predicted molar refractivity (Wildman–Crippen MR) is 68.5 cm³/mol. The van der Waals surface area contributed by atoms with Crippen LogP contribution in [-0.2, 0) is 0 Å². The Morgan fingerprint density at radius 2 is 2.33 bits per heavy atom. The summed E-state index contributed by atoms with van der Waals surface area (Å²) in [5.74, 6) is -0.180. The zero-order valence-electron chi connectivity index (χ0n) is 10.6. The van der Waals surface area contributed by atoms with Crippen molar-refractivity contribution >= 4 is 5.91 Å². The second-order valence-corrected chi connectivity index (χ2v) is 4.55. The lowest BCUT2D eigenvalue weighted by Crippen LogP contribution is -2.36. The largest absolute Gasteiger partial charge is 0.506 e. The molecule has 18 heavy (non-hydrogen) atoms. The van der Waals surface area contributed by atoms with E-state index in [1.54, 1.807) is 0 Å². The molecule has 0 saturated heterocycles. The zero-order chi connectivity index (χ0) is 13.0. The molecule has 1 aliphatic carbocycles. The Morgan fingerprint density at radius 3 is 2.94 bits per heavy atom. The number of rotatable bonds is 6. The van der Waals surface area contributed by atoms with Gasteiger partial charge in [-0.1, -0.05) is 6.92 Å². The highest BCUT2D eigenvalue weighted by molar-refractivity contribution is 5.94. The molecule has 5 heteroatoms. The predicted octanol–water partition coefficient (Wildman–Crippen LogP) is 1.00. The maximum Gasteiger partial charge on any atom is 0.253 e. The number of pyridine rings is 1. The van der Waals surface area contributed by atoms with Gasteiger partial charge in [-0.05, 0) is 25.5 Å². The van der Waals surface area contributed by atoms with Gasteiger partial charge >= 0.3 is 0 Å². The van der Waals surface area contributed by atoms with E-state index in [-0.39, 0.29) is 11.7 Å². The van der Waals surface area contributed by atoms with Crippen molar-refractivity contribution in [2.45, 2.75) is 25.8 Å². The Bertz CT molecular complexity index is 418. The molecule has 0 atom stereocenters. The topological polar surface area (TPSA) is 65.5 Å². The summed E-state index contributed by atoms with van der Waals surface area (Å²) in [6, 6.07) is 2.13. The van der Waals surface area contributed by atoms with Crippen LogP contribution in [0.4, 0.5) is 0 Å². The number of carbonyl (C=O) groups excluding carboxylic acids is 1. The van der Waals surface area contributed by atoms with Crippen LogP contribution < -0.4 is 5.32 Å². The maximum atomic E-state index is 11.8. The smallest absolute Gasteiger partial charge is 0.253 e. The third-order valence-electron chi connectivity index (χ3n) is 3.14. The number of hydrogen-bond donors (Lipinski definition) is 2. The Morgan fingerprint density at radius 1 is 1.56 bits per heavy atom. The molecule has 1 aromatic rings. The van der Waals surface area contributed by atoms with Gasteiger partial charge in [-0.3, -0.25) is 14.7 Å². The highest BCUT2D eigenvalue weighted by Gasteiger charge is 2.27. The summed E-state index contributed by atoms with van der Waals surface area (Å²) in [4.78, 5) is 17.9. The normalized spacial score (nSPS) is 14.8. The van der Waals surface area contributed by atoms with E-state index in [0.29, 0.717) is 18.2 Å². The van der Waals surface area contributed by atoms with Crippen LogP contribution in [0.25, 0.3) is 0 Å². The highest BCUT2D eigenvalue weighted by atomic mass is 16.3. The molecule has 0 spiro atoms. The van der Waals surface area contributed by atoms with Crippen molar-refractivity contribution in [1.29, 1.82) is 0 Å². The van der Waals surface area contributed by atoms with Crippen LogP contribution in [0.3, 0.4) is 0 Å². The quantitative estimate of drug-likeness (QED) is 0.789. The summed E-state index contributed by atoms with van der Waals surface area (Å²) >= 11 is 0. The van der Waals surface area contributed by atoms with Crippen LogP contribution in [0.2, 0.25) is 0 Å². The first-order chi connectivity index (χ1) is 8.70. The molecule has 1 fully saturated rings. The fourth-order valence-corrected chi connectivity index (χ4v) is 2.01. The zero-order valence-corrected chi connectivity index (χ0v) is 10.6. The van der Waals surface area contributed by atoms with Crippen LogP contribution in [-0.4, -0.2) is 46.6 Å². The molecule has 0 aliphatic heterocycles. The molecule has 5 nitrogen and oxygen atoms in total. The lowest BCUT2D eigenvalue weighted by atomic mass is 10.2. The van der Waals surface area contributed by atoms with Crippen molar-refractivity contribution in [1.82, 2.24) is 15.2 Å². The molecular weight excluding hydrogens is 230 g/mol. The fourth-order valence-electron chi connectivity index (χ4n) is 2.01. The lowest BCUT2D eigenvalue weighted by Gasteiger charge is -2.19. The molecule has 1 amide bonds. The molecule has 2 N–H and O–H groups in total. The van der Waals surface area contributed by atoms with Crippen LogP contribution >= 0.6 is 0 Å².